The van der Waals surface area contributed by atoms with Crippen LogP contribution in [0, 0.1) is 23.2 Å². The van der Waals surface area contributed by atoms with Crippen LogP contribution in [-0.4, -0.2) is 131 Å². The molecule has 9 N–H and O–H groups in total. The highest BCUT2D eigenvalue weighted by Gasteiger charge is 2.52. The number of aliphatic carboxylic acids is 3. The molecule has 17 nitrogen and oxygen atoms in total. The van der Waals surface area contributed by atoms with Crippen molar-refractivity contribution >= 4 is 17.9 Å². The fourth-order valence-electron chi connectivity index (χ4n) is 13.8. The average Bonchev–Trinajstić information content (AvgIpc) is 1.71. The van der Waals surface area contributed by atoms with Gasteiger partial charge < -0.3 is 69.6 Å². The van der Waals surface area contributed by atoms with Crippen molar-refractivity contribution in [3.05, 3.63) is 185 Å². The van der Waals surface area contributed by atoms with Crippen molar-refractivity contribution in [2.75, 3.05) is 6.61 Å². The molecule has 0 aromatic heterocycles. The van der Waals surface area contributed by atoms with Gasteiger partial charge in [0.1, 0.15) is 71.5 Å². The van der Waals surface area contributed by atoms with Gasteiger partial charge in [0.15, 0.2) is 0 Å². The molecule has 17 heteroatoms. The van der Waals surface area contributed by atoms with Gasteiger partial charge in [-0.25, -0.2) is 0 Å². The molecule has 0 bridgehead atoms. The first kappa shape index (κ1) is 67.9. The van der Waals surface area contributed by atoms with Crippen molar-refractivity contribution in [2.45, 2.75) is 190 Å². The number of aliphatic hydroxyl groups is 6. The fraction of sp³-hybridized carbons (Fsp3) is 0.473. The number of aliphatic hydroxyl groups excluding tert-OH is 6. The number of unbranched alkanes of at least 4 members (excludes halogenated alkanes) is 1. The zero-order valence-corrected chi connectivity index (χ0v) is 52.6. The van der Waals surface area contributed by atoms with E-state index in [2.05, 4.69) is 20.8 Å². The summed E-state index contributed by atoms with van der Waals surface area (Å²) in [6.07, 6.45) is 12.7. The van der Waals surface area contributed by atoms with Gasteiger partial charge in [-0.1, -0.05) is 161 Å². The monoisotopic (exact) mass is 1250 g/mol. The molecule has 3 saturated carbocycles. The number of para-hydroxylation sites is 5. The Balaban J connectivity index is 0.000000162. The maximum atomic E-state index is 11.0. The van der Waals surface area contributed by atoms with Gasteiger partial charge in [-0.05, 0) is 85.9 Å². The lowest BCUT2D eigenvalue weighted by atomic mass is 9.80. The first-order valence-corrected chi connectivity index (χ1v) is 32.1. The lowest BCUT2D eigenvalue weighted by molar-refractivity contribution is -0.138. The SMILES string of the molecule is CC(C)(Oc1ccccc1)C(O)/C=C/[C@H]1C(O)CC2Oc3c(CCC(=O)O)cccc3C21.CCCCC(C)(C)C(O)/C=C/[C@H]1C(O)CC2Oc3c(CCC(=O)O)cccc3C21.O=C(O)CCc1cccc2c1OC1CC(O)[C@H](/C=C/C(O)COc3ccccc3)C21. The van der Waals surface area contributed by atoms with Gasteiger partial charge >= 0.3 is 17.9 Å². The number of hydrogen-bond acceptors (Lipinski definition) is 14. The third kappa shape index (κ3) is 16.6. The van der Waals surface area contributed by atoms with E-state index in [1.807, 2.05) is 153 Å². The van der Waals surface area contributed by atoms with E-state index < -0.39 is 60.1 Å². The van der Waals surface area contributed by atoms with E-state index in [-0.39, 0.29) is 85.1 Å². The third-order valence-corrected chi connectivity index (χ3v) is 18.9. The summed E-state index contributed by atoms with van der Waals surface area (Å²) in [6, 6.07) is 36.1. The zero-order chi connectivity index (χ0) is 65.1. The minimum absolute atomic E-state index is 0.0155. The Morgan fingerprint density at radius 2 is 0.890 bits per heavy atom. The molecule has 11 rings (SSSR count). The van der Waals surface area contributed by atoms with Gasteiger partial charge in [-0.3, -0.25) is 14.4 Å². The van der Waals surface area contributed by atoms with E-state index in [1.54, 1.807) is 12.2 Å². The largest absolute Gasteiger partial charge is 0.491 e. The molecule has 6 aliphatic rings. The second-order valence-electron chi connectivity index (χ2n) is 26.2. The van der Waals surface area contributed by atoms with Gasteiger partial charge in [-0.2, -0.15) is 0 Å². The number of carboxylic acid groups (broad SMARTS) is 3. The summed E-state index contributed by atoms with van der Waals surface area (Å²) in [7, 11) is 0. The van der Waals surface area contributed by atoms with Crippen molar-refractivity contribution < 1.29 is 84.0 Å². The molecule has 5 aromatic carbocycles. The highest BCUT2D eigenvalue weighted by molar-refractivity contribution is 5.68. The molecule has 0 saturated heterocycles. The number of ether oxygens (including phenoxy) is 5. The summed E-state index contributed by atoms with van der Waals surface area (Å²) >= 11 is 0. The highest BCUT2D eigenvalue weighted by atomic mass is 16.5. The summed E-state index contributed by atoms with van der Waals surface area (Å²) in [6.45, 7) is 10.1. The van der Waals surface area contributed by atoms with Crippen LogP contribution < -0.4 is 23.7 Å². The van der Waals surface area contributed by atoms with Crippen LogP contribution in [0.4, 0.5) is 0 Å². The molecular formula is C74H90O17. The number of carboxylic acids is 3. The number of benzene rings is 5. The predicted molar refractivity (Wildman–Crippen MR) is 343 cm³/mol. The maximum absolute atomic E-state index is 11.0. The Morgan fingerprint density at radius 3 is 1.27 bits per heavy atom. The van der Waals surface area contributed by atoms with E-state index in [9.17, 15) is 45.0 Å². The van der Waals surface area contributed by atoms with Crippen molar-refractivity contribution in [1.82, 2.24) is 0 Å². The molecule has 5 aromatic rings. The highest BCUT2D eigenvalue weighted by Crippen LogP contribution is 2.55. The van der Waals surface area contributed by atoms with Gasteiger partial charge in [0.2, 0.25) is 0 Å². The molecule has 3 fully saturated rings. The van der Waals surface area contributed by atoms with E-state index in [0.29, 0.717) is 50.0 Å². The Labute approximate surface area is 533 Å². The number of hydrogen-bond donors (Lipinski definition) is 9. The van der Waals surface area contributed by atoms with Crippen LogP contribution in [0.1, 0.15) is 144 Å². The van der Waals surface area contributed by atoms with E-state index in [4.69, 9.17) is 39.0 Å². The molecule has 0 spiro atoms. The lowest BCUT2D eigenvalue weighted by Crippen LogP contribution is -2.41. The predicted octanol–water partition coefficient (Wildman–Crippen LogP) is 10.7. The van der Waals surface area contributed by atoms with Gasteiger partial charge in [0.05, 0.1) is 24.4 Å². The quantitative estimate of drug-likeness (QED) is 0.0246. The maximum Gasteiger partial charge on any atom is 0.303 e. The topological polar surface area (TPSA) is 279 Å². The second-order valence-corrected chi connectivity index (χ2v) is 26.2. The summed E-state index contributed by atoms with van der Waals surface area (Å²) in [5.41, 5.74) is 4.67. The van der Waals surface area contributed by atoms with Gasteiger partial charge in [0.25, 0.3) is 0 Å². The van der Waals surface area contributed by atoms with Crippen molar-refractivity contribution in [3.63, 3.8) is 0 Å². The Morgan fingerprint density at radius 1 is 0.516 bits per heavy atom. The summed E-state index contributed by atoms with van der Waals surface area (Å²) in [5.74, 6) is 0.639. The number of aryl methyl sites for hydroxylation is 3. The molecule has 0 amide bonds. The van der Waals surface area contributed by atoms with Crippen molar-refractivity contribution in [2.24, 2.45) is 23.2 Å². The van der Waals surface area contributed by atoms with Crippen LogP contribution in [0.3, 0.4) is 0 Å². The Hall–Kier alpha value is -7.51. The standard InChI is InChI=1S/C26H30O6.C24H26O6.C24H34O5/c1-26(2,32-17-8-4-3-5-9-17)22(28)13-12-18-20(27)15-21-24(18)19-10-6-7-16(25(19)31-21)11-14-23(29)30;25-16(14-29-17-6-2-1-3-7-17)10-11-18-20(26)13-21-23(18)19-8-4-5-15(24(19)30-21)9-12-22(27)28;1-4-5-13-24(2,3)20(26)11-10-16-18(25)14-19-22(16)17-8-6-7-15(23(17)29-19)9-12-21(27)28/h3-10,12-13,18,20-22,24,27-28H,11,14-15H2,1-2H3,(H,29,30);1-8,10-11,16,18,20-21,23,25-26H,9,12-14H2,(H,27,28);6-8,10-11,16,18-20,22,25-26H,4-5,9,12-14H2,1-3H3,(H,27,28)/b13-12+;2*11-10+/t18-,20?,21?,22?,24?;16?,18-,20?,21?,23?;16-,18?,19?,20?,22?/m000/s1. The fourth-order valence-corrected chi connectivity index (χ4v) is 13.8. The number of carbonyl (C=O) groups is 3. The van der Waals surface area contributed by atoms with Crippen LogP contribution in [0.25, 0.3) is 0 Å². The van der Waals surface area contributed by atoms with Crippen molar-refractivity contribution in [1.29, 1.82) is 0 Å². The van der Waals surface area contributed by atoms with E-state index >= 15 is 0 Å². The molecule has 0 radical (unpaired) electrons. The summed E-state index contributed by atoms with van der Waals surface area (Å²) in [5, 5.41) is 90.7. The molecule has 15 atom stereocenters. The van der Waals surface area contributed by atoms with Crippen LogP contribution in [0.15, 0.2) is 152 Å². The number of fused-ring (bicyclic) bond motifs is 9. The normalized spacial score (nSPS) is 25.9. The van der Waals surface area contributed by atoms with Crippen molar-refractivity contribution in [3.8, 4) is 28.7 Å². The minimum Gasteiger partial charge on any atom is -0.491 e. The smallest absolute Gasteiger partial charge is 0.303 e. The molecule has 3 heterocycles. The Kier molecular flexibility index (Phi) is 22.6. The molecule has 12 unspecified atom stereocenters. The second kappa shape index (κ2) is 30.3. The van der Waals surface area contributed by atoms with Crippen LogP contribution in [0.5, 0.6) is 28.7 Å². The molecule has 488 valence electrons. The zero-order valence-electron chi connectivity index (χ0n) is 52.6. The molecule has 3 aliphatic carbocycles. The summed E-state index contributed by atoms with van der Waals surface area (Å²) < 4.78 is 30.0. The van der Waals surface area contributed by atoms with E-state index in [1.165, 1.54) is 0 Å². The first-order valence-electron chi connectivity index (χ1n) is 32.1. The lowest BCUT2D eigenvalue weighted by Gasteiger charge is -2.30. The third-order valence-electron chi connectivity index (χ3n) is 18.9. The van der Waals surface area contributed by atoms with Crippen LogP contribution in [-0.2, 0) is 33.6 Å². The molecule has 3 aliphatic heterocycles. The number of rotatable bonds is 25. The first-order chi connectivity index (χ1) is 43.5. The van der Waals surface area contributed by atoms with Gasteiger partial charge in [-0.15, -0.1) is 0 Å². The Bertz CT molecular complexity index is 3340. The summed E-state index contributed by atoms with van der Waals surface area (Å²) in [4.78, 5) is 32.9. The van der Waals surface area contributed by atoms with E-state index in [0.717, 1.165) is 69.9 Å². The van der Waals surface area contributed by atoms with Crippen LogP contribution >= 0.6 is 0 Å². The van der Waals surface area contributed by atoms with Crippen LogP contribution in [0.2, 0.25) is 0 Å². The molecular weight excluding hydrogens is 1160 g/mol. The molecule has 91 heavy (non-hydrogen) atoms. The average molecular weight is 1250 g/mol. The minimum atomic E-state index is -0.877. The van der Waals surface area contributed by atoms with Gasteiger partial charge in [0, 0.05) is 90.7 Å².